The van der Waals surface area contributed by atoms with Crippen LogP contribution in [0.2, 0.25) is 0 Å². The van der Waals surface area contributed by atoms with Gasteiger partial charge in [-0.25, -0.2) is 0 Å². The Hall–Kier alpha value is -3.68. The molecule has 168 valence electrons. The molecule has 2 aromatic rings. The van der Waals surface area contributed by atoms with E-state index in [4.69, 9.17) is 0 Å². The fourth-order valence-electron chi connectivity index (χ4n) is 3.75. The van der Waals surface area contributed by atoms with Gasteiger partial charge in [-0.15, -0.1) is 0 Å². The van der Waals surface area contributed by atoms with E-state index in [0.717, 1.165) is 18.4 Å². The topological polar surface area (TPSA) is 108 Å². The maximum atomic E-state index is 13.3. The molecule has 0 spiro atoms. The molecule has 1 unspecified atom stereocenters. The van der Waals surface area contributed by atoms with E-state index in [2.05, 4.69) is 16.0 Å². The Morgan fingerprint density at radius 3 is 2.16 bits per heavy atom. The average Bonchev–Trinajstić information content (AvgIpc) is 3.36. The van der Waals surface area contributed by atoms with Crippen molar-refractivity contribution in [3.8, 4) is 0 Å². The van der Waals surface area contributed by atoms with Gasteiger partial charge in [0.15, 0.2) is 0 Å². The summed E-state index contributed by atoms with van der Waals surface area (Å²) in [6.07, 6.45) is 2.67. The fourth-order valence-corrected chi connectivity index (χ4v) is 3.75. The van der Waals surface area contributed by atoms with Crippen LogP contribution in [0, 0.1) is 0 Å². The third-order valence-electron chi connectivity index (χ3n) is 5.36. The van der Waals surface area contributed by atoms with Crippen molar-refractivity contribution >= 4 is 24.1 Å². The SMILES string of the molecule is O=CNCC(=O)NC(C(=O)N[C@@H](Cc1ccccc1)C(=O)N1CCCC1)c1ccccc1. The van der Waals surface area contributed by atoms with E-state index >= 15 is 0 Å². The van der Waals surface area contributed by atoms with Crippen LogP contribution in [0.5, 0.6) is 0 Å². The highest BCUT2D eigenvalue weighted by Gasteiger charge is 2.31. The number of hydrogen-bond acceptors (Lipinski definition) is 4. The first-order valence-electron chi connectivity index (χ1n) is 10.7. The summed E-state index contributed by atoms with van der Waals surface area (Å²) in [6.45, 7) is 1.10. The first-order chi connectivity index (χ1) is 15.6. The number of nitrogens with one attached hydrogen (secondary N) is 3. The third-order valence-corrected chi connectivity index (χ3v) is 5.36. The van der Waals surface area contributed by atoms with Crippen LogP contribution in [0.1, 0.15) is 30.0 Å². The Labute approximate surface area is 187 Å². The molecule has 0 aromatic heterocycles. The highest BCUT2D eigenvalue weighted by Crippen LogP contribution is 2.16. The van der Waals surface area contributed by atoms with E-state index in [1.807, 2.05) is 36.4 Å². The summed E-state index contributed by atoms with van der Waals surface area (Å²) >= 11 is 0. The van der Waals surface area contributed by atoms with Crippen LogP contribution in [0.3, 0.4) is 0 Å². The molecule has 8 nitrogen and oxygen atoms in total. The van der Waals surface area contributed by atoms with Gasteiger partial charge in [0.1, 0.15) is 12.1 Å². The molecule has 3 rings (SSSR count). The van der Waals surface area contributed by atoms with Crippen molar-refractivity contribution in [1.82, 2.24) is 20.9 Å². The highest BCUT2D eigenvalue weighted by atomic mass is 16.2. The van der Waals surface area contributed by atoms with E-state index in [1.165, 1.54) is 0 Å². The molecule has 0 saturated carbocycles. The minimum atomic E-state index is -0.998. The second-order valence-electron chi connectivity index (χ2n) is 7.69. The number of rotatable bonds is 10. The molecule has 8 heteroatoms. The summed E-state index contributed by atoms with van der Waals surface area (Å²) in [5.41, 5.74) is 1.51. The quantitative estimate of drug-likeness (QED) is 0.482. The summed E-state index contributed by atoms with van der Waals surface area (Å²) in [6, 6.07) is 16.6. The molecule has 1 aliphatic heterocycles. The third kappa shape index (κ3) is 6.41. The van der Waals surface area contributed by atoms with Gasteiger partial charge in [0, 0.05) is 19.5 Å². The monoisotopic (exact) mass is 436 g/mol. The van der Waals surface area contributed by atoms with Crippen molar-refractivity contribution in [3.05, 3.63) is 71.8 Å². The zero-order valence-electron chi connectivity index (χ0n) is 17.8. The van der Waals surface area contributed by atoms with Gasteiger partial charge in [0.05, 0.1) is 6.54 Å². The van der Waals surface area contributed by atoms with Crippen LogP contribution in [-0.2, 0) is 25.6 Å². The molecule has 1 aliphatic rings. The van der Waals surface area contributed by atoms with Crippen molar-refractivity contribution in [1.29, 1.82) is 0 Å². The minimum Gasteiger partial charge on any atom is -0.350 e. The zero-order chi connectivity index (χ0) is 22.8. The molecule has 0 aliphatic carbocycles. The number of carbonyl (C=O) groups excluding carboxylic acids is 4. The van der Waals surface area contributed by atoms with Gasteiger partial charge in [-0.1, -0.05) is 60.7 Å². The minimum absolute atomic E-state index is 0.125. The molecule has 32 heavy (non-hydrogen) atoms. The van der Waals surface area contributed by atoms with E-state index in [9.17, 15) is 19.2 Å². The van der Waals surface area contributed by atoms with Crippen molar-refractivity contribution in [2.24, 2.45) is 0 Å². The molecule has 1 saturated heterocycles. The zero-order valence-corrected chi connectivity index (χ0v) is 17.8. The molecule has 1 fully saturated rings. The van der Waals surface area contributed by atoms with Crippen LogP contribution < -0.4 is 16.0 Å². The maximum absolute atomic E-state index is 13.3. The molecule has 3 N–H and O–H groups in total. The lowest BCUT2D eigenvalue weighted by atomic mass is 10.0. The number of carbonyl (C=O) groups is 4. The summed E-state index contributed by atoms with van der Waals surface area (Å²) in [7, 11) is 0. The van der Waals surface area contributed by atoms with Crippen molar-refractivity contribution < 1.29 is 19.2 Å². The number of nitrogens with zero attached hydrogens (tertiary/aromatic N) is 1. The molecule has 1 heterocycles. The lowest BCUT2D eigenvalue weighted by Gasteiger charge is -2.27. The smallest absolute Gasteiger partial charge is 0.247 e. The fraction of sp³-hybridized carbons (Fsp3) is 0.333. The van der Waals surface area contributed by atoms with E-state index in [0.29, 0.717) is 31.5 Å². The normalized spacial score (nSPS) is 14.8. The Bertz CT molecular complexity index is 914. The van der Waals surface area contributed by atoms with E-state index < -0.39 is 23.9 Å². The summed E-state index contributed by atoms with van der Waals surface area (Å²) in [5, 5.41) is 7.80. The van der Waals surface area contributed by atoms with Crippen LogP contribution in [0.4, 0.5) is 0 Å². The summed E-state index contributed by atoms with van der Waals surface area (Å²) in [5.74, 6) is -1.11. The van der Waals surface area contributed by atoms with Gasteiger partial charge in [-0.3, -0.25) is 19.2 Å². The van der Waals surface area contributed by atoms with E-state index in [-0.39, 0.29) is 12.5 Å². The Balaban J connectivity index is 1.80. The highest BCUT2D eigenvalue weighted by molar-refractivity contribution is 5.93. The Morgan fingerprint density at radius 2 is 1.53 bits per heavy atom. The molecule has 0 radical (unpaired) electrons. The van der Waals surface area contributed by atoms with Gasteiger partial charge in [0.2, 0.25) is 24.1 Å². The van der Waals surface area contributed by atoms with Crippen LogP contribution in [-0.4, -0.2) is 54.7 Å². The second kappa shape index (κ2) is 11.6. The van der Waals surface area contributed by atoms with E-state index in [1.54, 1.807) is 29.2 Å². The number of likely N-dealkylation sites (tertiary alicyclic amines) is 1. The largest absolute Gasteiger partial charge is 0.350 e. The predicted molar refractivity (Wildman–Crippen MR) is 119 cm³/mol. The maximum Gasteiger partial charge on any atom is 0.247 e. The first-order valence-corrected chi connectivity index (χ1v) is 10.7. The lowest BCUT2D eigenvalue weighted by Crippen LogP contribution is -2.52. The van der Waals surface area contributed by atoms with Gasteiger partial charge in [-0.2, -0.15) is 0 Å². The van der Waals surface area contributed by atoms with Crippen LogP contribution in [0.25, 0.3) is 0 Å². The summed E-state index contributed by atoms with van der Waals surface area (Å²) in [4.78, 5) is 51.0. The van der Waals surface area contributed by atoms with Crippen LogP contribution in [0.15, 0.2) is 60.7 Å². The lowest BCUT2D eigenvalue weighted by molar-refractivity contribution is -0.136. The first kappa shape index (κ1) is 23.0. The van der Waals surface area contributed by atoms with Gasteiger partial charge >= 0.3 is 0 Å². The number of amides is 4. The van der Waals surface area contributed by atoms with Gasteiger partial charge < -0.3 is 20.9 Å². The second-order valence-corrected chi connectivity index (χ2v) is 7.69. The average molecular weight is 437 g/mol. The van der Waals surface area contributed by atoms with Gasteiger partial charge in [0.25, 0.3) is 0 Å². The molecule has 2 aromatic carbocycles. The van der Waals surface area contributed by atoms with Crippen molar-refractivity contribution in [2.75, 3.05) is 19.6 Å². The predicted octanol–water partition coefficient (Wildman–Crippen LogP) is 0.940. The summed E-state index contributed by atoms with van der Waals surface area (Å²) < 4.78 is 0. The molecule has 4 amide bonds. The standard InChI is InChI=1S/C24H28N4O4/c29-17-25-16-21(30)27-22(19-11-5-2-6-12-19)23(31)26-20(15-18-9-3-1-4-10-18)24(32)28-13-7-8-14-28/h1-6,9-12,17,20,22H,7-8,13-16H2,(H,25,29)(H,26,31)(H,27,30)/t20-,22?/m0/s1. The van der Waals surface area contributed by atoms with Crippen LogP contribution >= 0.6 is 0 Å². The van der Waals surface area contributed by atoms with Crippen molar-refractivity contribution in [2.45, 2.75) is 31.3 Å². The van der Waals surface area contributed by atoms with Gasteiger partial charge in [-0.05, 0) is 24.0 Å². The molecule has 0 bridgehead atoms. The molecular weight excluding hydrogens is 408 g/mol. The molecule has 2 atom stereocenters. The van der Waals surface area contributed by atoms with Crippen molar-refractivity contribution in [3.63, 3.8) is 0 Å². The Morgan fingerprint density at radius 1 is 0.906 bits per heavy atom. The number of benzene rings is 2. The molecular formula is C24H28N4O4. The Kier molecular flexibility index (Phi) is 8.36. The number of hydrogen-bond donors (Lipinski definition) is 3.